The first-order valence-corrected chi connectivity index (χ1v) is 5.91. The highest BCUT2D eigenvalue weighted by atomic mass is 35.5. The zero-order chi connectivity index (χ0) is 12.4. The maximum atomic E-state index is 6.26. The minimum atomic E-state index is -0.00132. The summed E-state index contributed by atoms with van der Waals surface area (Å²) >= 11 is 12.3. The summed E-state index contributed by atoms with van der Waals surface area (Å²) < 4.78 is 10.6. The van der Waals surface area contributed by atoms with Crippen molar-refractivity contribution in [2.75, 3.05) is 11.7 Å². The second-order valence-electron chi connectivity index (χ2n) is 3.79. The maximum Gasteiger partial charge on any atom is 0.195 e. The van der Waals surface area contributed by atoms with E-state index in [1.807, 2.05) is 13.8 Å². The van der Waals surface area contributed by atoms with Crippen LogP contribution in [0, 0.1) is 0 Å². The van der Waals surface area contributed by atoms with Crippen molar-refractivity contribution in [1.29, 1.82) is 0 Å². The van der Waals surface area contributed by atoms with Crippen LogP contribution in [0.5, 0.6) is 5.75 Å². The van der Waals surface area contributed by atoms with Gasteiger partial charge in [0.15, 0.2) is 18.9 Å². The third-order valence-electron chi connectivity index (χ3n) is 2.12. The fourth-order valence-corrected chi connectivity index (χ4v) is 1.98. The Balaban J connectivity index is 2.38. The number of hydrogen-bond donors (Lipinski definition) is 0. The number of hydrazone groups is 1. The minimum absolute atomic E-state index is 0.00132. The summed E-state index contributed by atoms with van der Waals surface area (Å²) in [7, 11) is 0. The standard InChI is InChI=1S/C11H12Cl2N2O2/c1-7(2)17-11-8(12)3-4-9(10(11)13)15-6-16-5-14-15/h3-5,7H,6H2,1-2H3. The Bertz CT molecular complexity index is 449. The molecule has 0 saturated heterocycles. The van der Waals surface area contributed by atoms with Gasteiger partial charge in [-0.15, -0.1) is 5.10 Å². The van der Waals surface area contributed by atoms with Crippen LogP contribution in [0.3, 0.4) is 0 Å². The van der Waals surface area contributed by atoms with Crippen molar-refractivity contribution in [3.05, 3.63) is 22.2 Å². The van der Waals surface area contributed by atoms with E-state index in [1.165, 1.54) is 6.40 Å². The lowest BCUT2D eigenvalue weighted by atomic mass is 10.3. The van der Waals surface area contributed by atoms with Gasteiger partial charge in [-0.1, -0.05) is 23.2 Å². The highest BCUT2D eigenvalue weighted by Gasteiger charge is 2.19. The molecule has 0 N–H and O–H groups in total. The Hall–Kier alpha value is -1.13. The molecule has 92 valence electrons. The molecule has 0 bridgehead atoms. The molecule has 0 unspecified atom stereocenters. The van der Waals surface area contributed by atoms with Gasteiger partial charge in [-0.05, 0) is 26.0 Å². The summed E-state index contributed by atoms with van der Waals surface area (Å²) in [5.41, 5.74) is 0.709. The lowest BCUT2D eigenvalue weighted by molar-refractivity contribution is 0.242. The minimum Gasteiger partial charge on any atom is -0.488 e. The van der Waals surface area contributed by atoms with Crippen LogP contribution in [0.4, 0.5) is 5.69 Å². The van der Waals surface area contributed by atoms with Gasteiger partial charge in [0, 0.05) is 0 Å². The summed E-state index contributed by atoms with van der Waals surface area (Å²) in [4.78, 5) is 0. The second-order valence-corrected chi connectivity index (χ2v) is 4.58. The highest BCUT2D eigenvalue weighted by molar-refractivity contribution is 6.39. The summed E-state index contributed by atoms with van der Waals surface area (Å²) in [6.07, 6.45) is 1.37. The molecule has 6 heteroatoms. The summed E-state index contributed by atoms with van der Waals surface area (Å²) in [5.74, 6) is 0.475. The Labute approximate surface area is 110 Å². The lowest BCUT2D eigenvalue weighted by Gasteiger charge is -2.18. The molecule has 0 radical (unpaired) electrons. The van der Waals surface area contributed by atoms with Crippen LogP contribution in [-0.2, 0) is 4.74 Å². The van der Waals surface area contributed by atoms with Gasteiger partial charge < -0.3 is 9.47 Å². The van der Waals surface area contributed by atoms with Gasteiger partial charge >= 0.3 is 0 Å². The van der Waals surface area contributed by atoms with Crippen molar-refractivity contribution in [1.82, 2.24) is 0 Å². The van der Waals surface area contributed by atoms with Gasteiger partial charge in [0.25, 0.3) is 0 Å². The molecule has 2 rings (SSSR count). The zero-order valence-electron chi connectivity index (χ0n) is 9.48. The van der Waals surface area contributed by atoms with Gasteiger partial charge in [-0.2, -0.15) is 0 Å². The molecule has 0 atom stereocenters. The third-order valence-corrected chi connectivity index (χ3v) is 2.78. The van der Waals surface area contributed by atoms with Crippen molar-refractivity contribution in [2.45, 2.75) is 20.0 Å². The number of ether oxygens (including phenoxy) is 2. The van der Waals surface area contributed by atoms with E-state index in [0.717, 1.165) is 0 Å². The van der Waals surface area contributed by atoms with Crippen LogP contribution in [-0.4, -0.2) is 19.2 Å². The fraction of sp³-hybridized carbons (Fsp3) is 0.364. The van der Waals surface area contributed by atoms with Gasteiger partial charge in [0.05, 0.1) is 16.8 Å². The Kier molecular flexibility index (Phi) is 3.64. The molecular formula is C11H12Cl2N2O2. The van der Waals surface area contributed by atoms with E-state index in [0.29, 0.717) is 28.2 Å². The first-order valence-electron chi connectivity index (χ1n) is 5.16. The number of halogens is 2. The fourth-order valence-electron chi connectivity index (χ4n) is 1.42. The van der Waals surface area contributed by atoms with Gasteiger partial charge in [-0.25, -0.2) is 5.01 Å². The Morgan fingerprint density at radius 1 is 1.41 bits per heavy atom. The van der Waals surface area contributed by atoms with Crippen LogP contribution in [0.2, 0.25) is 10.0 Å². The molecule has 1 aromatic carbocycles. The summed E-state index contributed by atoms with van der Waals surface area (Å²) in [5, 5.41) is 6.57. The molecule has 17 heavy (non-hydrogen) atoms. The van der Waals surface area contributed by atoms with E-state index in [4.69, 9.17) is 32.7 Å². The van der Waals surface area contributed by atoms with E-state index in [2.05, 4.69) is 5.10 Å². The van der Waals surface area contributed by atoms with Gasteiger partial charge in [-0.3, -0.25) is 0 Å². The van der Waals surface area contributed by atoms with E-state index in [-0.39, 0.29) is 6.10 Å². The van der Waals surface area contributed by atoms with Crippen molar-refractivity contribution in [3.8, 4) is 5.75 Å². The number of hydrogen-bond acceptors (Lipinski definition) is 4. The predicted octanol–water partition coefficient (Wildman–Crippen LogP) is 3.52. The van der Waals surface area contributed by atoms with Crippen LogP contribution in [0.15, 0.2) is 17.2 Å². The maximum absolute atomic E-state index is 6.26. The van der Waals surface area contributed by atoms with Gasteiger partial charge in [0.2, 0.25) is 0 Å². The largest absolute Gasteiger partial charge is 0.488 e. The molecule has 0 spiro atoms. The van der Waals surface area contributed by atoms with Gasteiger partial charge in [0.1, 0.15) is 5.02 Å². The number of benzene rings is 1. The Morgan fingerprint density at radius 3 is 2.76 bits per heavy atom. The molecule has 4 nitrogen and oxygen atoms in total. The SMILES string of the molecule is CC(C)Oc1c(Cl)ccc(N2COC=N2)c1Cl. The average Bonchev–Trinajstić information content (AvgIpc) is 2.77. The van der Waals surface area contributed by atoms with E-state index in [9.17, 15) is 0 Å². The van der Waals surface area contributed by atoms with Crippen molar-refractivity contribution < 1.29 is 9.47 Å². The number of anilines is 1. The zero-order valence-corrected chi connectivity index (χ0v) is 11.0. The summed E-state index contributed by atoms with van der Waals surface area (Å²) in [6.45, 7) is 4.16. The van der Waals surface area contributed by atoms with E-state index >= 15 is 0 Å². The number of nitrogens with zero attached hydrogens (tertiary/aromatic N) is 2. The molecular weight excluding hydrogens is 263 g/mol. The van der Waals surface area contributed by atoms with Crippen molar-refractivity contribution in [2.24, 2.45) is 5.10 Å². The third kappa shape index (κ3) is 2.58. The molecule has 0 amide bonds. The average molecular weight is 275 g/mol. The highest BCUT2D eigenvalue weighted by Crippen LogP contribution is 2.41. The molecule has 0 aromatic heterocycles. The normalized spacial score (nSPS) is 14.3. The lowest BCUT2D eigenvalue weighted by Crippen LogP contribution is -2.14. The molecule has 1 heterocycles. The predicted molar refractivity (Wildman–Crippen MR) is 69.1 cm³/mol. The molecule has 0 fully saturated rings. The smallest absolute Gasteiger partial charge is 0.195 e. The Morgan fingerprint density at radius 2 is 2.18 bits per heavy atom. The van der Waals surface area contributed by atoms with Crippen LogP contribution >= 0.6 is 23.2 Å². The first-order chi connectivity index (χ1) is 8.09. The molecule has 0 aliphatic carbocycles. The molecule has 1 aliphatic heterocycles. The van der Waals surface area contributed by atoms with E-state index in [1.54, 1.807) is 17.1 Å². The number of rotatable bonds is 3. The second kappa shape index (κ2) is 5.02. The van der Waals surface area contributed by atoms with Crippen molar-refractivity contribution in [3.63, 3.8) is 0 Å². The molecule has 1 aromatic rings. The quantitative estimate of drug-likeness (QED) is 0.846. The topological polar surface area (TPSA) is 34.1 Å². The summed E-state index contributed by atoms with van der Waals surface area (Å²) in [6, 6.07) is 3.51. The molecule has 1 aliphatic rings. The van der Waals surface area contributed by atoms with Crippen LogP contribution in [0.25, 0.3) is 0 Å². The first kappa shape index (κ1) is 12.3. The van der Waals surface area contributed by atoms with E-state index < -0.39 is 0 Å². The van der Waals surface area contributed by atoms with Crippen LogP contribution < -0.4 is 9.75 Å². The van der Waals surface area contributed by atoms with Crippen LogP contribution in [0.1, 0.15) is 13.8 Å². The van der Waals surface area contributed by atoms with Crippen molar-refractivity contribution >= 4 is 35.3 Å². The molecule has 0 saturated carbocycles. The monoisotopic (exact) mass is 274 g/mol.